The Morgan fingerprint density at radius 2 is 2.40 bits per heavy atom. The zero-order valence-electron chi connectivity index (χ0n) is 8.96. The van der Waals surface area contributed by atoms with Gasteiger partial charge in [-0.05, 0) is 42.4 Å². The summed E-state index contributed by atoms with van der Waals surface area (Å²) in [5, 5.41) is 11.8. The molecule has 2 N–H and O–H groups in total. The molecular formula is C9H17N5S. The highest BCUT2D eigenvalue weighted by Crippen LogP contribution is 2.34. The Kier molecular flexibility index (Phi) is 3.58. The van der Waals surface area contributed by atoms with E-state index in [1.165, 1.54) is 12.8 Å². The quantitative estimate of drug-likeness (QED) is 0.734. The van der Waals surface area contributed by atoms with Gasteiger partial charge in [0, 0.05) is 6.04 Å². The van der Waals surface area contributed by atoms with Crippen molar-refractivity contribution in [3.63, 3.8) is 0 Å². The van der Waals surface area contributed by atoms with Crippen LogP contribution in [-0.4, -0.2) is 32.0 Å². The van der Waals surface area contributed by atoms with Crippen molar-refractivity contribution in [1.29, 1.82) is 0 Å². The Morgan fingerprint density at radius 1 is 1.60 bits per heavy atom. The average Bonchev–Trinajstić information content (AvgIpc) is 2.93. The Labute approximate surface area is 93.8 Å². The van der Waals surface area contributed by atoms with Crippen LogP contribution in [0.15, 0.2) is 0 Å². The molecule has 1 aliphatic carbocycles. The summed E-state index contributed by atoms with van der Waals surface area (Å²) in [5.74, 6) is 2.98. The Bertz CT molecular complexity index is 307. The maximum absolute atomic E-state index is 5.68. The molecule has 1 aliphatic rings. The minimum Gasteiger partial charge on any atom is -0.328 e. The fourth-order valence-electron chi connectivity index (χ4n) is 1.34. The van der Waals surface area contributed by atoms with Gasteiger partial charge in [-0.1, -0.05) is 0 Å². The molecule has 1 aromatic rings. The summed E-state index contributed by atoms with van der Waals surface area (Å²) in [4.78, 5) is 0. The number of tetrazole rings is 1. The zero-order chi connectivity index (χ0) is 10.7. The lowest BCUT2D eigenvalue weighted by Crippen LogP contribution is -2.15. The van der Waals surface area contributed by atoms with Gasteiger partial charge in [0.25, 0.3) is 0 Å². The molecule has 15 heavy (non-hydrogen) atoms. The van der Waals surface area contributed by atoms with Gasteiger partial charge in [0.2, 0.25) is 0 Å². The second kappa shape index (κ2) is 4.94. The summed E-state index contributed by atoms with van der Waals surface area (Å²) in [6.07, 6.45) is 3.50. The average molecular weight is 227 g/mol. The van der Waals surface area contributed by atoms with Gasteiger partial charge in [-0.2, -0.15) is 11.8 Å². The molecular weight excluding hydrogens is 210 g/mol. The van der Waals surface area contributed by atoms with E-state index in [9.17, 15) is 0 Å². The van der Waals surface area contributed by atoms with E-state index in [1.807, 2.05) is 23.4 Å². The second-order valence-electron chi connectivity index (χ2n) is 4.09. The summed E-state index contributed by atoms with van der Waals surface area (Å²) in [7, 11) is 0. The summed E-state index contributed by atoms with van der Waals surface area (Å²) in [6, 6.07) is 0.862. The topological polar surface area (TPSA) is 69.6 Å². The van der Waals surface area contributed by atoms with Crippen molar-refractivity contribution in [3.8, 4) is 0 Å². The van der Waals surface area contributed by atoms with Gasteiger partial charge in [0.15, 0.2) is 5.82 Å². The molecule has 1 unspecified atom stereocenters. The highest BCUT2D eigenvalue weighted by Gasteiger charge is 2.27. The van der Waals surface area contributed by atoms with Gasteiger partial charge in [-0.15, -0.1) is 5.10 Å². The number of nitrogens with zero attached hydrogens (tertiary/aromatic N) is 4. The van der Waals surface area contributed by atoms with Gasteiger partial charge in [-0.25, -0.2) is 4.68 Å². The van der Waals surface area contributed by atoms with Gasteiger partial charge in [-0.3, -0.25) is 0 Å². The van der Waals surface area contributed by atoms with Crippen molar-refractivity contribution < 1.29 is 0 Å². The Balaban J connectivity index is 1.75. The molecule has 0 spiro atoms. The molecule has 0 radical (unpaired) electrons. The summed E-state index contributed by atoms with van der Waals surface area (Å²) in [6.45, 7) is 2.04. The molecule has 1 aromatic heterocycles. The van der Waals surface area contributed by atoms with Crippen molar-refractivity contribution in [1.82, 2.24) is 20.2 Å². The largest absolute Gasteiger partial charge is 0.328 e. The first-order chi connectivity index (χ1) is 7.27. The zero-order valence-corrected chi connectivity index (χ0v) is 9.78. The first-order valence-corrected chi connectivity index (χ1v) is 6.53. The molecule has 2 rings (SSSR count). The molecule has 1 fully saturated rings. The van der Waals surface area contributed by atoms with Crippen LogP contribution < -0.4 is 5.73 Å². The van der Waals surface area contributed by atoms with Crippen LogP contribution in [0.3, 0.4) is 0 Å². The van der Waals surface area contributed by atoms with Crippen LogP contribution in [0.25, 0.3) is 0 Å². The van der Waals surface area contributed by atoms with Crippen LogP contribution in [-0.2, 0) is 5.75 Å². The lowest BCUT2D eigenvalue weighted by molar-refractivity contribution is 0.593. The fraction of sp³-hybridized carbons (Fsp3) is 0.889. The third-order valence-electron chi connectivity index (χ3n) is 2.40. The molecule has 0 bridgehead atoms. The van der Waals surface area contributed by atoms with Gasteiger partial charge >= 0.3 is 0 Å². The minimum absolute atomic E-state index is 0.289. The molecule has 1 saturated carbocycles. The van der Waals surface area contributed by atoms with Crippen LogP contribution >= 0.6 is 11.8 Å². The van der Waals surface area contributed by atoms with E-state index in [0.29, 0.717) is 6.04 Å². The van der Waals surface area contributed by atoms with Crippen molar-refractivity contribution in [3.05, 3.63) is 5.82 Å². The third-order valence-corrected chi connectivity index (χ3v) is 3.39. The number of rotatable bonds is 6. The third kappa shape index (κ3) is 3.17. The molecule has 0 aromatic carbocycles. The molecule has 84 valence electrons. The van der Waals surface area contributed by atoms with E-state index in [4.69, 9.17) is 5.73 Å². The number of hydrogen-bond acceptors (Lipinski definition) is 5. The molecule has 1 atom stereocenters. The summed E-state index contributed by atoms with van der Waals surface area (Å²) >= 11 is 1.86. The highest BCUT2D eigenvalue weighted by atomic mass is 32.2. The van der Waals surface area contributed by atoms with Crippen LogP contribution in [0.5, 0.6) is 0 Å². The predicted molar refractivity (Wildman–Crippen MR) is 60.5 cm³/mol. The van der Waals surface area contributed by atoms with E-state index in [1.54, 1.807) is 0 Å². The van der Waals surface area contributed by atoms with Crippen molar-refractivity contribution in [2.45, 2.75) is 44.0 Å². The van der Waals surface area contributed by atoms with Crippen molar-refractivity contribution in [2.24, 2.45) is 5.73 Å². The van der Waals surface area contributed by atoms with Crippen LogP contribution in [0, 0.1) is 0 Å². The number of nitrogens with two attached hydrogens (primary N) is 1. The van der Waals surface area contributed by atoms with Crippen LogP contribution in [0.1, 0.15) is 38.1 Å². The standard InChI is InChI=1S/C9H17N5S/c1-7(10)4-5-15-6-9-11-12-13-14(9)8-2-3-8/h7-8H,2-6,10H2,1H3. The molecule has 0 saturated heterocycles. The van der Waals surface area contributed by atoms with E-state index < -0.39 is 0 Å². The number of thioether (sulfide) groups is 1. The smallest absolute Gasteiger partial charge is 0.161 e. The van der Waals surface area contributed by atoms with E-state index >= 15 is 0 Å². The van der Waals surface area contributed by atoms with E-state index in [0.717, 1.165) is 23.8 Å². The molecule has 6 heteroatoms. The lowest BCUT2D eigenvalue weighted by Gasteiger charge is -2.04. The van der Waals surface area contributed by atoms with E-state index in [-0.39, 0.29) is 6.04 Å². The minimum atomic E-state index is 0.289. The fourth-order valence-corrected chi connectivity index (χ4v) is 2.40. The predicted octanol–water partition coefficient (Wildman–Crippen LogP) is 0.978. The Morgan fingerprint density at radius 3 is 3.07 bits per heavy atom. The van der Waals surface area contributed by atoms with Gasteiger partial charge in [0.05, 0.1) is 11.8 Å². The summed E-state index contributed by atoms with van der Waals surface area (Å²) < 4.78 is 1.97. The van der Waals surface area contributed by atoms with Crippen molar-refractivity contribution in [2.75, 3.05) is 5.75 Å². The maximum atomic E-state index is 5.68. The molecule has 1 heterocycles. The monoisotopic (exact) mass is 227 g/mol. The van der Waals surface area contributed by atoms with E-state index in [2.05, 4.69) is 15.5 Å². The molecule has 5 nitrogen and oxygen atoms in total. The molecule has 0 aliphatic heterocycles. The van der Waals surface area contributed by atoms with Crippen molar-refractivity contribution >= 4 is 11.8 Å². The number of hydrogen-bond donors (Lipinski definition) is 1. The first kappa shape index (κ1) is 10.9. The normalized spacial score (nSPS) is 18.0. The second-order valence-corrected chi connectivity index (χ2v) is 5.19. The van der Waals surface area contributed by atoms with Gasteiger partial charge < -0.3 is 5.73 Å². The van der Waals surface area contributed by atoms with Gasteiger partial charge in [0.1, 0.15) is 0 Å². The van der Waals surface area contributed by atoms with Crippen LogP contribution in [0.4, 0.5) is 0 Å². The SMILES string of the molecule is CC(N)CCSCc1nnnn1C1CC1. The Hall–Kier alpha value is -0.620. The lowest BCUT2D eigenvalue weighted by atomic mass is 10.3. The maximum Gasteiger partial charge on any atom is 0.161 e. The number of aromatic nitrogens is 4. The highest BCUT2D eigenvalue weighted by molar-refractivity contribution is 7.98. The molecule has 0 amide bonds. The summed E-state index contributed by atoms with van der Waals surface area (Å²) in [5.41, 5.74) is 5.68. The first-order valence-electron chi connectivity index (χ1n) is 5.37. The van der Waals surface area contributed by atoms with Crippen LogP contribution in [0.2, 0.25) is 0 Å².